The van der Waals surface area contributed by atoms with E-state index in [0.29, 0.717) is 0 Å². The third kappa shape index (κ3) is 2.45. The molecule has 0 N–H and O–H groups in total. The molecule has 1 aromatic heterocycles. The Morgan fingerprint density at radius 2 is 1.65 bits per heavy atom. The van der Waals surface area contributed by atoms with Crippen molar-refractivity contribution < 1.29 is 0 Å². The molecule has 3 rings (SSSR count). The van der Waals surface area contributed by atoms with Gasteiger partial charge in [0.25, 0.3) is 0 Å². The number of hydrogen-bond donors (Lipinski definition) is 0. The summed E-state index contributed by atoms with van der Waals surface area (Å²) in [5, 5.41) is 0. The van der Waals surface area contributed by atoms with Crippen molar-refractivity contribution in [2.75, 3.05) is 0 Å². The second kappa shape index (κ2) is 5.66. The summed E-state index contributed by atoms with van der Waals surface area (Å²) in [7, 11) is 0. The Morgan fingerprint density at radius 3 is 2.35 bits per heavy atom. The standard InChI is InChI=1S/C18H15N2/c1-2-14-8-10-16(11-9-14)18-17(12-19-13-20-18)15-6-4-3-5-7-15/h3-11,13H,2H2,1H3. The molecule has 0 spiro atoms. The van der Waals surface area contributed by atoms with Crippen LogP contribution >= 0.6 is 0 Å². The molecule has 1 heterocycles. The molecule has 0 fully saturated rings. The first-order valence-corrected chi connectivity index (χ1v) is 6.76. The van der Waals surface area contributed by atoms with Crippen molar-refractivity contribution in [3.63, 3.8) is 0 Å². The lowest BCUT2D eigenvalue weighted by molar-refractivity contribution is 1.13. The van der Waals surface area contributed by atoms with Crippen molar-refractivity contribution in [1.29, 1.82) is 0 Å². The fourth-order valence-electron chi connectivity index (χ4n) is 2.22. The molecule has 2 aromatic carbocycles. The average molecular weight is 259 g/mol. The SMILES string of the molecule is CCc1ccc(-c2ncn[c]c2-c2ccccc2)cc1. The predicted octanol–water partition coefficient (Wildman–Crippen LogP) is 4.17. The van der Waals surface area contributed by atoms with Crippen LogP contribution in [-0.4, -0.2) is 9.97 Å². The van der Waals surface area contributed by atoms with Gasteiger partial charge in [-0.3, -0.25) is 0 Å². The molecule has 0 aliphatic heterocycles. The van der Waals surface area contributed by atoms with E-state index in [1.165, 1.54) is 5.56 Å². The van der Waals surface area contributed by atoms with Gasteiger partial charge in [0.15, 0.2) is 0 Å². The fourth-order valence-corrected chi connectivity index (χ4v) is 2.22. The number of aromatic nitrogens is 2. The number of nitrogens with zero attached hydrogens (tertiary/aromatic N) is 2. The van der Waals surface area contributed by atoms with Crippen LogP contribution in [0.4, 0.5) is 0 Å². The van der Waals surface area contributed by atoms with Crippen LogP contribution in [0, 0.1) is 6.20 Å². The molecule has 2 heteroatoms. The Morgan fingerprint density at radius 1 is 0.900 bits per heavy atom. The summed E-state index contributed by atoms with van der Waals surface area (Å²) in [4.78, 5) is 8.48. The molecule has 0 amide bonds. The van der Waals surface area contributed by atoms with Crippen LogP contribution in [-0.2, 0) is 6.42 Å². The van der Waals surface area contributed by atoms with E-state index in [-0.39, 0.29) is 0 Å². The summed E-state index contributed by atoms with van der Waals surface area (Å²) in [5.74, 6) is 0. The van der Waals surface area contributed by atoms with Crippen molar-refractivity contribution in [2.24, 2.45) is 0 Å². The van der Waals surface area contributed by atoms with E-state index in [0.717, 1.165) is 28.8 Å². The molecule has 0 atom stereocenters. The number of benzene rings is 2. The highest BCUT2D eigenvalue weighted by Crippen LogP contribution is 2.29. The van der Waals surface area contributed by atoms with E-state index in [9.17, 15) is 0 Å². The zero-order valence-electron chi connectivity index (χ0n) is 11.4. The molecule has 1 radical (unpaired) electrons. The number of rotatable bonds is 3. The second-order valence-electron chi connectivity index (χ2n) is 4.63. The molecular weight excluding hydrogens is 244 g/mol. The lowest BCUT2D eigenvalue weighted by atomic mass is 10.00. The van der Waals surface area contributed by atoms with Gasteiger partial charge in [0.05, 0.1) is 5.69 Å². The fraction of sp³-hybridized carbons (Fsp3) is 0.111. The highest BCUT2D eigenvalue weighted by Gasteiger charge is 2.09. The molecule has 0 saturated heterocycles. The van der Waals surface area contributed by atoms with Gasteiger partial charge in [-0.15, -0.1) is 0 Å². The Hall–Kier alpha value is -2.48. The van der Waals surface area contributed by atoms with Gasteiger partial charge < -0.3 is 0 Å². The molecule has 0 saturated carbocycles. The summed E-state index contributed by atoms with van der Waals surface area (Å²) in [6.45, 7) is 2.16. The Bertz CT molecular complexity index is 688. The van der Waals surface area contributed by atoms with E-state index in [1.54, 1.807) is 6.33 Å². The third-order valence-electron chi connectivity index (χ3n) is 3.36. The van der Waals surface area contributed by atoms with Crippen LogP contribution in [0.5, 0.6) is 0 Å². The normalized spacial score (nSPS) is 10.4. The van der Waals surface area contributed by atoms with E-state index in [4.69, 9.17) is 0 Å². The van der Waals surface area contributed by atoms with E-state index < -0.39 is 0 Å². The summed E-state index contributed by atoms with van der Waals surface area (Å²) in [6.07, 6.45) is 5.66. The van der Waals surface area contributed by atoms with Gasteiger partial charge >= 0.3 is 0 Å². The zero-order chi connectivity index (χ0) is 13.8. The van der Waals surface area contributed by atoms with Crippen molar-refractivity contribution >= 4 is 0 Å². The molecule has 3 aromatic rings. The Kier molecular flexibility index (Phi) is 3.55. The maximum absolute atomic E-state index is 4.44. The molecule has 97 valence electrons. The van der Waals surface area contributed by atoms with E-state index in [2.05, 4.69) is 59.5 Å². The topological polar surface area (TPSA) is 25.8 Å². The van der Waals surface area contributed by atoms with Gasteiger partial charge in [-0.25, -0.2) is 9.97 Å². The van der Waals surface area contributed by atoms with Gasteiger partial charge in [0, 0.05) is 11.1 Å². The molecule has 0 aliphatic carbocycles. The zero-order valence-corrected chi connectivity index (χ0v) is 11.4. The van der Waals surface area contributed by atoms with Crippen molar-refractivity contribution in [2.45, 2.75) is 13.3 Å². The van der Waals surface area contributed by atoms with Crippen LogP contribution in [0.15, 0.2) is 60.9 Å². The lowest BCUT2D eigenvalue weighted by Gasteiger charge is -2.08. The average Bonchev–Trinajstić information content (AvgIpc) is 2.56. The first-order chi connectivity index (χ1) is 9.88. The molecular formula is C18H15N2. The highest BCUT2D eigenvalue weighted by atomic mass is 14.8. The van der Waals surface area contributed by atoms with Crippen LogP contribution in [0.2, 0.25) is 0 Å². The summed E-state index contributed by atoms with van der Waals surface area (Å²) < 4.78 is 0. The van der Waals surface area contributed by atoms with Crippen molar-refractivity contribution in [3.8, 4) is 22.4 Å². The molecule has 0 bridgehead atoms. The van der Waals surface area contributed by atoms with Crippen LogP contribution in [0.3, 0.4) is 0 Å². The van der Waals surface area contributed by atoms with E-state index in [1.807, 2.05) is 18.2 Å². The minimum absolute atomic E-state index is 0.925. The summed E-state index contributed by atoms with van der Waals surface area (Å²) in [6, 6.07) is 18.7. The number of hydrogen-bond acceptors (Lipinski definition) is 2. The minimum Gasteiger partial charge on any atom is -0.236 e. The first-order valence-electron chi connectivity index (χ1n) is 6.76. The maximum Gasteiger partial charge on any atom is 0.116 e. The quantitative estimate of drug-likeness (QED) is 0.705. The maximum atomic E-state index is 4.44. The second-order valence-corrected chi connectivity index (χ2v) is 4.63. The Balaban J connectivity index is 2.10. The lowest BCUT2D eigenvalue weighted by Crippen LogP contribution is -1.91. The number of aryl methyl sites for hydroxylation is 1. The van der Waals surface area contributed by atoms with Crippen LogP contribution < -0.4 is 0 Å². The third-order valence-corrected chi connectivity index (χ3v) is 3.36. The summed E-state index contributed by atoms with van der Waals surface area (Å²) >= 11 is 0. The Labute approximate surface area is 119 Å². The van der Waals surface area contributed by atoms with Crippen LogP contribution in [0.25, 0.3) is 22.4 Å². The minimum atomic E-state index is 0.925. The van der Waals surface area contributed by atoms with Gasteiger partial charge in [-0.1, -0.05) is 61.5 Å². The van der Waals surface area contributed by atoms with Gasteiger partial charge in [-0.2, -0.15) is 0 Å². The highest BCUT2D eigenvalue weighted by molar-refractivity contribution is 5.79. The smallest absolute Gasteiger partial charge is 0.116 e. The van der Waals surface area contributed by atoms with E-state index >= 15 is 0 Å². The largest absolute Gasteiger partial charge is 0.236 e. The van der Waals surface area contributed by atoms with Gasteiger partial charge in [0.2, 0.25) is 0 Å². The molecule has 0 unspecified atom stereocenters. The predicted molar refractivity (Wildman–Crippen MR) is 81.1 cm³/mol. The molecule has 0 aliphatic rings. The van der Waals surface area contributed by atoms with Crippen LogP contribution in [0.1, 0.15) is 12.5 Å². The monoisotopic (exact) mass is 259 g/mol. The first kappa shape index (κ1) is 12.5. The van der Waals surface area contributed by atoms with Crippen molar-refractivity contribution in [1.82, 2.24) is 9.97 Å². The van der Waals surface area contributed by atoms with Gasteiger partial charge in [0.1, 0.15) is 12.5 Å². The van der Waals surface area contributed by atoms with Gasteiger partial charge in [-0.05, 0) is 17.5 Å². The summed E-state index contributed by atoms with van der Waals surface area (Å²) in [5.41, 5.74) is 5.38. The molecule has 20 heavy (non-hydrogen) atoms. The van der Waals surface area contributed by atoms with Crippen molar-refractivity contribution in [3.05, 3.63) is 72.7 Å². The molecule has 2 nitrogen and oxygen atoms in total.